The number of tetrazole rings is 1. The number of amides is 1. The van der Waals surface area contributed by atoms with E-state index in [9.17, 15) is 36.2 Å². The predicted molar refractivity (Wildman–Crippen MR) is 142 cm³/mol. The van der Waals surface area contributed by atoms with Crippen molar-refractivity contribution >= 4 is 17.7 Å². The number of aliphatic hydroxyl groups excluding tert-OH is 1. The molecule has 16 heteroatoms. The van der Waals surface area contributed by atoms with Crippen LogP contribution in [0.3, 0.4) is 0 Å². The molecule has 0 saturated heterocycles. The Morgan fingerprint density at radius 1 is 1.12 bits per heavy atom. The largest absolute Gasteiger partial charge is 0.446 e. The standard InChI is InChI=1S/C27H31F6N7O3/c1-5-20-13-22(23-21(7-6-16(4)34-23)40(20)25(42)43-15(2)3)38(24-35-37-39(36-24)8-9-41)14-17-10-18(26(28,29)30)12-19(11-17)27(31,32)33/h6-7,10-12,15,20,22,41H,5,8-9,13-14H2,1-4H3/t20-,22+/m0/s1. The Labute approximate surface area is 243 Å². The maximum absolute atomic E-state index is 13.7. The van der Waals surface area contributed by atoms with Crippen molar-refractivity contribution in [3.63, 3.8) is 0 Å². The van der Waals surface area contributed by atoms with E-state index < -0.39 is 54.3 Å². The van der Waals surface area contributed by atoms with Crippen molar-refractivity contribution in [3.8, 4) is 0 Å². The van der Waals surface area contributed by atoms with Crippen molar-refractivity contribution in [2.45, 2.75) is 84.2 Å². The number of aromatic nitrogens is 5. The lowest BCUT2D eigenvalue weighted by atomic mass is 9.91. The van der Waals surface area contributed by atoms with Gasteiger partial charge in [0.2, 0.25) is 0 Å². The first-order chi connectivity index (χ1) is 20.1. The molecule has 0 spiro atoms. The third-order valence-electron chi connectivity index (χ3n) is 6.86. The van der Waals surface area contributed by atoms with E-state index in [0.29, 0.717) is 35.6 Å². The molecule has 0 bridgehead atoms. The van der Waals surface area contributed by atoms with Crippen LogP contribution in [-0.2, 0) is 30.2 Å². The quantitative estimate of drug-likeness (QED) is 0.322. The molecule has 1 aliphatic rings. The van der Waals surface area contributed by atoms with Crippen molar-refractivity contribution < 1.29 is 41.0 Å². The molecule has 1 aliphatic heterocycles. The summed E-state index contributed by atoms with van der Waals surface area (Å²) in [4.78, 5) is 21.8. The molecule has 10 nitrogen and oxygen atoms in total. The van der Waals surface area contributed by atoms with Crippen LogP contribution in [0.15, 0.2) is 30.3 Å². The molecule has 234 valence electrons. The number of carbonyl (C=O) groups is 1. The number of alkyl halides is 6. The molecule has 1 N–H and O–H groups in total. The highest BCUT2D eigenvalue weighted by atomic mass is 19.4. The molecule has 0 aliphatic carbocycles. The number of nitrogens with zero attached hydrogens (tertiary/aromatic N) is 7. The molecule has 3 heterocycles. The minimum Gasteiger partial charge on any atom is -0.446 e. The first kappa shape index (κ1) is 32.0. The van der Waals surface area contributed by atoms with Crippen molar-refractivity contribution in [2.75, 3.05) is 16.4 Å². The van der Waals surface area contributed by atoms with Gasteiger partial charge in [0.25, 0.3) is 5.95 Å². The number of fused-ring (bicyclic) bond motifs is 1. The van der Waals surface area contributed by atoms with Crippen LogP contribution >= 0.6 is 0 Å². The summed E-state index contributed by atoms with van der Waals surface area (Å²) in [6, 6.07) is 3.46. The maximum atomic E-state index is 13.7. The Balaban J connectivity index is 1.89. The summed E-state index contributed by atoms with van der Waals surface area (Å²) in [6.45, 7) is 6.09. The second kappa shape index (κ2) is 12.3. The number of carbonyl (C=O) groups excluding carboxylic acids is 1. The molecular weight excluding hydrogens is 584 g/mol. The molecular formula is C27H31F6N7O3. The number of pyridine rings is 1. The van der Waals surface area contributed by atoms with E-state index in [1.807, 2.05) is 6.92 Å². The van der Waals surface area contributed by atoms with Gasteiger partial charge in [0, 0.05) is 18.3 Å². The van der Waals surface area contributed by atoms with Crippen LogP contribution in [-0.4, -0.2) is 55.1 Å². The van der Waals surface area contributed by atoms with Gasteiger partial charge in [-0.2, -0.15) is 31.1 Å². The molecule has 3 aromatic rings. The van der Waals surface area contributed by atoms with Crippen LogP contribution in [0, 0.1) is 6.92 Å². The lowest BCUT2D eigenvalue weighted by Gasteiger charge is -2.43. The van der Waals surface area contributed by atoms with E-state index in [-0.39, 0.29) is 37.2 Å². The molecule has 0 radical (unpaired) electrons. The lowest BCUT2D eigenvalue weighted by molar-refractivity contribution is -0.143. The Hall–Kier alpha value is -3.95. The summed E-state index contributed by atoms with van der Waals surface area (Å²) in [5, 5.41) is 21.4. The van der Waals surface area contributed by atoms with Crippen LogP contribution < -0.4 is 9.80 Å². The molecule has 4 rings (SSSR count). The number of ether oxygens (including phenoxy) is 1. The molecule has 1 aromatic carbocycles. The molecule has 0 saturated carbocycles. The molecule has 0 fully saturated rings. The monoisotopic (exact) mass is 615 g/mol. The van der Waals surface area contributed by atoms with E-state index in [1.165, 1.54) is 9.80 Å². The van der Waals surface area contributed by atoms with Gasteiger partial charge in [-0.15, -0.1) is 5.10 Å². The number of anilines is 2. The number of aliphatic hydroxyl groups is 1. The number of aryl methyl sites for hydroxylation is 1. The fraction of sp³-hybridized carbons (Fsp3) is 0.519. The SMILES string of the molecule is CC[C@H]1C[C@@H](N(Cc2cc(C(F)(F)F)cc(C(F)(F)F)c2)c2nnn(CCO)n2)c2nc(C)ccc2N1C(=O)OC(C)C. The van der Waals surface area contributed by atoms with Gasteiger partial charge in [-0.05, 0) is 74.7 Å². The fourth-order valence-corrected chi connectivity index (χ4v) is 4.98. The van der Waals surface area contributed by atoms with Crippen LogP contribution in [0.25, 0.3) is 0 Å². The predicted octanol–water partition coefficient (Wildman–Crippen LogP) is 5.69. The smallest absolute Gasteiger partial charge is 0.416 e. The molecule has 2 aromatic heterocycles. The zero-order chi connectivity index (χ0) is 31.7. The minimum absolute atomic E-state index is 0.0480. The highest BCUT2D eigenvalue weighted by molar-refractivity contribution is 5.90. The molecule has 0 unspecified atom stereocenters. The number of hydrogen-bond acceptors (Lipinski definition) is 8. The minimum atomic E-state index is -5.04. The summed E-state index contributed by atoms with van der Waals surface area (Å²) in [5.74, 6) is -0.105. The summed E-state index contributed by atoms with van der Waals surface area (Å²) in [5.41, 5.74) is -1.93. The highest BCUT2D eigenvalue weighted by Gasteiger charge is 2.42. The number of rotatable bonds is 8. The fourth-order valence-electron chi connectivity index (χ4n) is 4.98. The Morgan fingerprint density at radius 2 is 1.77 bits per heavy atom. The molecule has 1 amide bonds. The zero-order valence-electron chi connectivity index (χ0n) is 23.8. The van der Waals surface area contributed by atoms with Crippen LogP contribution in [0.2, 0.25) is 0 Å². The van der Waals surface area contributed by atoms with Gasteiger partial charge in [0.05, 0.1) is 47.8 Å². The van der Waals surface area contributed by atoms with E-state index in [2.05, 4.69) is 20.4 Å². The maximum Gasteiger partial charge on any atom is 0.416 e. The van der Waals surface area contributed by atoms with E-state index in [1.54, 1.807) is 32.9 Å². The first-order valence-corrected chi connectivity index (χ1v) is 13.5. The van der Waals surface area contributed by atoms with Gasteiger partial charge in [-0.25, -0.2) is 4.79 Å². The number of halogens is 6. The summed E-state index contributed by atoms with van der Waals surface area (Å²) in [6.07, 6.45) is -10.5. The van der Waals surface area contributed by atoms with Crippen LogP contribution in [0.5, 0.6) is 0 Å². The Bertz CT molecular complexity index is 1410. The second-order valence-electron chi connectivity index (χ2n) is 10.4. The lowest BCUT2D eigenvalue weighted by Crippen LogP contribution is -2.48. The van der Waals surface area contributed by atoms with Gasteiger partial charge in [0.15, 0.2) is 0 Å². The second-order valence-corrected chi connectivity index (χ2v) is 10.4. The third-order valence-corrected chi connectivity index (χ3v) is 6.86. The Morgan fingerprint density at radius 3 is 2.33 bits per heavy atom. The van der Waals surface area contributed by atoms with Crippen LogP contribution in [0.4, 0.5) is 42.8 Å². The van der Waals surface area contributed by atoms with Crippen LogP contribution in [0.1, 0.15) is 67.7 Å². The van der Waals surface area contributed by atoms with Gasteiger partial charge >= 0.3 is 18.4 Å². The van der Waals surface area contributed by atoms with E-state index in [4.69, 9.17) is 4.74 Å². The van der Waals surface area contributed by atoms with Crippen molar-refractivity contribution in [3.05, 3.63) is 58.4 Å². The van der Waals surface area contributed by atoms with E-state index >= 15 is 0 Å². The molecule has 43 heavy (non-hydrogen) atoms. The average molecular weight is 616 g/mol. The topological polar surface area (TPSA) is 110 Å². The first-order valence-electron chi connectivity index (χ1n) is 13.5. The van der Waals surface area contributed by atoms with Crippen molar-refractivity contribution in [1.82, 2.24) is 25.2 Å². The van der Waals surface area contributed by atoms with Crippen molar-refractivity contribution in [2.24, 2.45) is 0 Å². The van der Waals surface area contributed by atoms with Gasteiger partial charge in [-0.1, -0.05) is 12.0 Å². The van der Waals surface area contributed by atoms with Gasteiger partial charge in [0.1, 0.15) is 0 Å². The summed E-state index contributed by atoms with van der Waals surface area (Å²) < 4.78 is 87.6. The van der Waals surface area contributed by atoms with Gasteiger partial charge < -0.3 is 14.7 Å². The summed E-state index contributed by atoms with van der Waals surface area (Å²) in [7, 11) is 0. The molecule has 2 atom stereocenters. The van der Waals surface area contributed by atoms with E-state index in [0.717, 1.165) is 4.80 Å². The number of hydrogen-bond donors (Lipinski definition) is 1. The van der Waals surface area contributed by atoms with Crippen molar-refractivity contribution in [1.29, 1.82) is 0 Å². The third kappa shape index (κ3) is 7.17. The number of benzene rings is 1. The zero-order valence-corrected chi connectivity index (χ0v) is 23.8. The van der Waals surface area contributed by atoms with Gasteiger partial charge in [-0.3, -0.25) is 9.88 Å². The summed E-state index contributed by atoms with van der Waals surface area (Å²) >= 11 is 0. The Kier molecular flexibility index (Phi) is 9.18. The average Bonchev–Trinajstić information content (AvgIpc) is 3.38. The normalized spacial score (nSPS) is 17.3. The highest BCUT2D eigenvalue weighted by Crippen LogP contribution is 2.43.